The van der Waals surface area contributed by atoms with Crippen molar-refractivity contribution in [1.82, 2.24) is 13.9 Å². The Morgan fingerprint density at radius 2 is 1.90 bits per heavy atom. The fourth-order valence-electron chi connectivity index (χ4n) is 3.39. The minimum absolute atomic E-state index is 0.217. The lowest BCUT2D eigenvalue weighted by molar-refractivity contribution is 0.238. The summed E-state index contributed by atoms with van der Waals surface area (Å²) in [7, 11) is -1.50. The highest BCUT2D eigenvalue weighted by atomic mass is 32.2. The van der Waals surface area contributed by atoms with Gasteiger partial charge in [0.2, 0.25) is 0 Å². The van der Waals surface area contributed by atoms with Gasteiger partial charge in [-0.1, -0.05) is 19.8 Å². The molecule has 0 radical (unpaired) electrons. The van der Waals surface area contributed by atoms with Gasteiger partial charge in [-0.15, -0.1) is 0 Å². The van der Waals surface area contributed by atoms with E-state index in [4.69, 9.17) is 0 Å². The Bertz CT molecular complexity index is 393. The lowest BCUT2D eigenvalue weighted by Crippen LogP contribution is -2.50. The Labute approximate surface area is 123 Å². The second kappa shape index (κ2) is 7.20. The van der Waals surface area contributed by atoms with Gasteiger partial charge in [0.25, 0.3) is 10.2 Å². The van der Waals surface area contributed by atoms with E-state index in [0.717, 1.165) is 51.6 Å². The average molecular weight is 303 g/mol. The van der Waals surface area contributed by atoms with Gasteiger partial charge in [-0.2, -0.15) is 17.0 Å². The lowest BCUT2D eigenvalue weighted by Gasteiger charge is -2.36. The maximum Gasteiger partial charge on any atom is 0.281 e. The quantitative estimate of drug-likeness (QED) is 0.807. The predicted molar refractivity (Wildman–Crippen MR) is 81.8 cm³/mol. The summed E-state index contributed by atoms with van der Waals surface area (Å²) in [6, 6.07) is 0.217. The predicted octanol–water partition coefficient (Wildman–Crippen LogP) is 1.43. The molecule has 0 aromatic rings. The molecule has 1 heterocycles. The van der Waals surface area contributed by atoms with Crippen LogP contribution in [-0.2, 0) is 10.2 Å². The van der Waals surface area contributed by atoms with E-state index in [1.54, 1.807) is 15.7 Å². The van der Waals surface area contributed by atoms with Gasteiger partial charge in [-0.3, -0.25) is 0 Å². The van der Waals surface area contributed by atoms with Crippen LogP contribution in [0, 0.1) is 5.92 Å². The molecule has 5 nitrogen and oxygen atoms in total. The van der Waals surface area contributed by atoms with Crippen LogP contribution in [0.25, 0.3) is 0 Å². The van der Waals surface area contributed by atoms with Crippen LogP contribution >= 0.6 is 0 Å². The van der Waals surface area contributed by atoms with E-state index in [1.165, 1.54) is 0 Å². The highest BCUT2D eigenvalue weighted by Crippen LogP contribution is 2.27. The molecule has 20 heavy (non-hydrogen) atoms. The zero-order valence-corrected chi connectivity index (χ0v) is 13.7. The molecule has 1 aliphatic carbocycles. The molecule has 2 rings (SSSR count). The molecule has 6 heteroatoms. The van der Waals surface area contributed by atoms with Crippen LogP contribution in [-0.4, -0.2) is 56.3 Å². The molecule has 1 saturated carbocycles. The van der Waals surface area contributed by atoms with Crippen LogP contribution in [0.3, 0.4) is 0 Å². The van der Waals surface area contributed by atoms with Crippen molar-refractivity contribution in [3.05, 3.63) is 0 Å². The van der Waals surface area contributed by atoms with E-state index in [-0.39, 0.29) is 6.04 Å². The first-order valence-electron chi connectivity index (χ1n) is 7.99. The second-order valence-corrected chi connectivity index (χ2v) is 8.12. The van der Waals surface area contributed by atoms with Gasteiger partial charge in [-0.25, -0.2) is 0 Å². The normalized spacial score (nSPS) is 26.4. The largest absolute Gasteiger partial charge is 0.317 e. The van der Waals surface area contributed by atoms with Crippen molar-refractivity contribution in [3.8, 4) is 0 Å². The van der Waals surface area contributed by atoms with E-state index in [9.17, 15) is 8.42 Å². The van der Waals surface area contributed by atoms with E-state index >= 15 is 0 Å². The summed E-state index contributed by atoms with van der Waals surface area (Å²) in [5.74, 6) is 0.454. The molecule has 2 fully saturated rings. The molecule has 1 atom stereocenters. The van der Waals surface area contributed by atoms with Gasteiger partial charge in [0.1, 0.15) is 0 Å². The molecule has 0 amide bonds. The molecule has 118 valence electrons. The van der Waals surface area contributed by atoms with Crippen molar-refractivity contribution in [3.63, 3.8) is 0 Å². The maximum absolute atomic E-state index is 12.7. The first kappa shape index (κ1) is 16.2. The molecule has 1 aliphatic heterocycles. The number of hydrogen-bond acceptors (Lipinski definition) is 3. The van der Waals surface area contributed by atoms with Crippen molar-refractivity contribution in [2.75, 3.05) is 33.2 Å². The van der Waals surface area contributed by atoms with Gasteiger partial charge < -0.3 is 5.32 Å². The molecule has 0 spiro atoms. The fraction of sp³-hybridized carbons (Fsp3) is 1.00. The minimum Gasteiger partial charge on any atom is -0.317 e. The van der Waals surface area contributed by atoms with Crippen LogP contribution in [0.4, 0.5) is 0 Å². The highest BCUT2D eigenvalue weighted by Gasteiger charge is 2.35. The van der Waals surface area contributed by atoms with Crippen molar-refractivity contribution < 1.29 is 8.42 Å². The first-order valence-corrected chi connectivity index (χ1v) is 9.39. The Morgan fingerprint density at radius 3 is 2.55 bits per heavy atom. The van der Waals surface area contributed by atoms with Gasteiger partial charge >= 0.3 is 0 Å². The molecule has 2 aliphatic rings. The Kier molecular flexibility index (Phi) is 5.84. The number of hydrogen-bond donors (Lipinski definition) is 1. The van der Waals surface area contributed by atoms with Gasteiger partial charge in [0, 0.05) is 26.2 Å². The summed E-state index contributed by atoms with van der Waals surface area (Å²) >= 11 is 0. The molecule has 0 aromatic heterocycles. The van der Waals surface area contributed by atoms with Crippen LogP contribution in [0.5, 0.6) is 0 Å². The van der Waals surface area contributed by atoms with Crippen molar-refractivity contribution in [2.24, 2.45) is 5.92 Å². The third-order valence-corrected chi connectivity index (χ3v) is 6.70. The number of nitrogens with one attached hydrogen (secondary N) is 1. The highest BCUT2D eigenvalue weighted by molar-refractivity contribution is 7.86. The summed E-state index contributed by atoms with van der Waals surface area (Å²) in [5, 5.41) is 3.34. The zero-order valence-electron chi connectivity index (χ0n) is 12.8. The third-order valence-electron chi connectivity index (χ3n) is 4.69. The maximum atomic E-state index is 12.7. The Morgan fingerprint density at radius 1 is 1.20 bits per heavy atom. The first-order chi connectivity index (χ1) is 9.55. The molecular formula is C14H29N3O2S. The number of rotatable bonds is 6. The summed E-state index contributed by atoms with van der Waals surface area (Å²) in [6.45, 7) is 5.32. The molecule has 1 unspecified atom stereocenters. The topological polar surface area (TPSA) is 52.7 Å². The number of nitrogens with zero attached hydrogens (tertiary/aromatic N) is 2. The van der Waals surface area contributed by atoms with Crippen molar-refractivity contribution >= 4 is 10.2 Å². The molecule has 1 N–H and O–H groups in total. The van der Waals surface area contributed by atoms with Crippen LogP contribution < -0.4 is 5.32 Å². The summed E-state index contributed by atoms with van der Waals surface area (Å²) < 4.78 is 28.8. The van der Waals surface area contributed by atoms with Crippen LogP contribution in [0.15, 0.2) is 0 Å². The third kappa shape index (κ3) is 3.72. The van der Waals surface area contributed by atoms with Gasteiger partial charge in [0.05, 0.1) is 0 Å². The smallest absolute Gasteiger partial charge is 0.281 e. The molecular weight excluding hydrogens is 274 g/mol. The molecule has 0 aromatic carbocycles. The monoisotopic (exact) mass is 303 g/mol. The minimum atomic E-state index is -3.26. The molecule has 1 saturated heterocycles. The summed E-state index contributed by atoms with van der Waals surface area (Å²) in [5.41, 5.74) is 0. The Balaban J connectivity index is 1.97. The SMILES string of the molecule is CCNCC1CCCN(S(=O)(=O)N(C)C2CCCC2)C1. The van der Waals surface area contributed by atoms with E-state index < -0.39 is 10.2 Å². The van der Waals surface area contributed by atoms with Crippen LogP contribution in [0.1, 0.15) is 45.4 Å². The van der Waals surface area contributed by atoms with E-state index in [1.807, 2.05) is 0 Å². The summed E-state index contributed by atoms with van der Waals surface area (Å²) in [6.07, 6.45) is 6.47. The lowest BCUT2D eigenvalue weighted by atomic mass is 10.00. The zero-order chi connectivity index (χ0) is 14.6. The van der Waals surface area contributed by atoms with Crippen molar-refractivity contribution in [1.29, 1.82) is 0 Å². The average Bonchev–Trinajstić information content (AvgIpc) is 2.98. The Hall–Kier alpha value is -0.170. The molecule has 0 bridgehead atoms. The fourth-order valence-corrected chi connectivity index (χ4v) is 5.10. The second-order valence-electron chi connectivity index (χ2n) is 6.14. The standard InChI is InChI=1S/C14H29N3O2S/c1-3-15-11-13-7-6-10-17(12-13)20(18,19)16(2)14-8-4-5-9-14/h13-15H,3-12H2,1-2H3. The number of piperidine rings is 1. The summed E-state index contributed by atoms with van der Waals surface area (Å²) in [4.78, 5) is 0. The van der Waals surface area contributed by atoms with Crippen LogP contribution in [0.2, 0.25) is 0 Å². The van der Waals surface area contributed by atoms with Gasteiger partial charge in [-0.05, 0) is 44.7 Å². The van der Waals surface area contributed by atoms with E-state index in [2.05, 4.69) is 12.2 Å². The van der Waals surface area contributed by atoms with Crippen molar-refractivity contribution in [2.45, 2.75) is 51.5 Å². The van der Waals surface area contributed by atoms with E-state index in [0.29, 0.717) is 19.0 Å². The van der Waals surface area contributed by atoms with Gasteiger partial charge in [0.15, 0.2) is 0 Å².